The Kier molecular flexibility index (Phi) is 6.12. The van der Waals surface area contributed by atoms with Crippen LogP contribution in [-0.2, 0) is 4.74 Å². The second-order valence-corrected chi connectivity index (χ2v) is 5.22. The Hall–Kier alpha value is -2.64. The molecule has 1 aromatic carbocycles. The lowest BCUT2D eigenvalue weighted by molar-refractivity contribution is 0.0529. The van der Waals surface area contributed by atoms with E-state index in [-0.39, 0.29) is 0 Å². The molecule has 0 aliphatic carbocycles. The fourth-order valence-electron chi connectivity index (χ4n) is 1.40. The number of ether oxygens (including phenoxy) is 1. The minimum absolute atomic E-state index is 0.415. The van der Waals surface area contributed by atoms with Crippen LogP contribution < -0.4 is 5.32 Å². The van der Waals surface area contributed by atoms with E-state index in [1.54, 1.807) is 18.2 Å². The van der Waals surface area contributed by atoms with Crippen LogP contribution in [0.4, 0.5) is 10.5 Å². The second kappa shape index (κ2) is 7.83. The molecular formula is C15H18N4O2. The second-order valence-electron chi connectivity index (χ2n) is 5.22. The van der Waals surface area contributed by atoms with Crippen LogP contribution in [0.5, 0.6) is 0 Å². The van der Waals surface area contributed by atoms with Crippen molar-refractivity contribution in [3.8, 4) is 11.8 Å². The van der Waals surface area contributed by atoms with Gasteiger partial charge in [-0.1, -0.05) is 29.1 Å². The van der Waals surface area contributed by atoms with Crippen molar-refractivity contribution in [2.45, 2.75) is 32.8 Å². The minimum atomic E-state index is -0.503. The molecule has 1 amide bonds. The first-order chi connectivity index (χ1) is 9.90. The number of alkyl carbamates (subject to hydrolysis) is 1. The molecule has 0 atom stereocenters. The van der Waals surface area contributed by atoms with Gasteiger partial charge in [0, 0.05) is 29.1 Å². The number of hydrogen-bond donors (Lipinski definition) is 1. The largest absolute Gasteiger partial charge is 0.444 e. The number of carbonyl (C=O) groups is 1. The van der Waals surface area contributed by atoms with Crippen LogP contribution >= 0.6 is 0 Å². The van der Waals surface area contributed by atoms with Crippen LogP contribution in [-0.4, -0.2) is 18.2 Å². The van der Waals surface area contributed by atoms with Crippen LogP contribution in [0, 0.1) is 11.8 Å². The molecule has 0 unspecified atom stereocenters. The average Bonchev–Trinajstić information content (AvgIpc) is 2.37. The Bertz CT molecular complexity index is 602. The molecule has 0 aliphatic rings. The maximum atomic E-state index is 11.4. The fraction of sp³-hybridized carbons (Fsp3) is 0.400. The van der Waals surface area contributed by atoms with Gasteiger partial charge in [0.1, 0.15) is 5.60 Å². The molecule has 0 radical (unpaired) electrons. The molecule has 1 N–H and O–H groups in total. The summed E-state index contributed by atoms with van der Waals surface area (Å²) in [6.07, 6.45) is 0.0556. The third kappa shape index (κ3) is 7.51. The number of carbonyl (C=O) groups excluding carboxylic acids is 1. The van der Waals surface area contributed by atoms with E-state index in [1.165, 1.54) is 0 Å². The van der Waals surface area contributed by atoms with E-state index in [9.17, 15) is 4.79 Å². The molecule has 1 rings (SSSR count). The van der Waals surface area contributed by atoms with Gasteiger partial charge in [0.25, 0.3) is 0 Å². The Morgan fingerprint density at radius 1 is 1.48 bits per heavy atom. The van der Waals surface area contributed by atoms with Gasteiger partial charge in [0.05, 0.1) is 0 Å². The first-order valence-electron chi connectivity index (χ1n) is 6.51. The van der Waals surface area contributed by atoms with E-state index in [2.05, 4.69) is 27.2 Å². The number of nitrogens with one attached hydrogen (secondary N) is 1. The number of rotatable bonds is 3. The van der Waals surface area contributed by atoms with Crippen LogP contribution in [0.2, 0.25) is 0 Å². The quantitative estimate of drug-likeness (QED) is 0.300. The van der Waals surface area contributed by atoms with Crippen molar-refractivity contribution in [1.82, 2.24) is 5.32 Å². The molecule has 1 aromatic rings. The minimum Gasteiger partial charge on any atom is -0.444 e. The summed E-state index contributed by atoms with van der Waals surface area (Å²) in [5, 5.41) is 6.14. The topological polar surface area (TPSA) is 87.1 Å². The smallest absolute Gasteiger partial charge is 0.407 e. The van der Waals surface area contributed by atoms with E-state index in [0.717, 1.165) is 5.56 Å². The average molecular weight is 286 g/mol. The highest BCUT2D eigenvalue weighted by Gasteiger charge is 2.15. The molecule has 0 aliphatic heterocycles. The predicted molar refractivity (Wildman–Crippen MR) is 81.0 cm³/mol. The van der Waals surface area contributed by atoms with Gasteiger partial charge in [-0.25, -0.2) is 4.79 Å². The van der Waals surface area contributed by atoms with Crippen molar-refractivity contribution in [2.75, 3.05) is 6.54 Å². The van der Waals surface area contributed by atoms with E-state index in [1.807, 2.05) is 26.8 Å². The normalized spacial score (nSPS) is 9.86. The lowest BCUT2D eigenvalue weighted by Gasteiger charge is -2.19. The van der Waals surface area contributed by atoms with Crippen LogP contribution in [0.1, 0.15) is 32.8 Å². The molecule has 0 fully saturated rings. The SMILES string of the molecule is CC(C)(C)OC(=O)NCCC#Cc1cccc(N=[N+]=[N-])c1. The molecular weight excluding hydrogens is 268 g/mol. The van der Waals surface area contributed by atoms with Crippen molar-refractivity contribution < 1.29 is 9.53 Å². The van der Waals surface area contributed by atoms with Gasteiger partial charge >= 0.3 is 6.09 Å². The van der Waals surface area contributed by atoms with Crippen LogP contribution in [0.3, 0.4) is 0 Å². The van der Waals surface area contributed by atoms with E-state index in [0.29, 0.717) is 18.7 Å². The number of hydrogen-bond acceptors (Lipinski definition) is 3. The van der Waals surface area contributed by atoms with Gasteiger partial charge in [0.2, 0.25) is 0 Å². The first kappa shape index (κ1) is 16.4. The molecule has 0 bridgehead atoms. The maximum absolute atomic E-state index is 11.4. The Morgan fingerprint density at radius 3 is 2.90 bits per heavy atom. The van der Waals surface area contributed by atoms with Gasteiger partial charge in [-0.05, 0) is 38.4 Å². The molecule has 0 aromatic heterocycles. The van der Waals surface area contributed by atoms with Gasteiger partial charge in [-0.2, -0.15) is 0 Å². The lowest BCUT2D eigenvalue weighted by Crippen LogP contribution is -2.32. The molecule has 0 heterocycles. The van der Waals surface area contributed by atoms with E-state index < -0.39 is 11.7 Å². The van der Waals surface area contributed by atoms with Crippen LogP contribution in [0.15, 0.2) is 29.4 Å². The third-order valence-electron chi connectivity index (χ3n) is 2.16. The monoisotopic (exact) mass is 286 g/mol. The standard InChI is InChI=1S/C15H18N4O2/c1-15(2,3)21-14(20)17-10-5-4-7-12-8-6-9-13(11-12)18-19-16/h6,8-9,11H,5,10H2,1-3H3,(H,17,20). The molecule has 6 nitrogen and oxygen atoms in total. The Labute approximate surface area is 124 Å². The highest BCUT2D eigenvalue weighted by molar-refractivity contribution is 5.67. The predicted octanol–water partition coefficient (Wildman–Crippen LogP) is 3.89. The van der Waals surface area contributed by atoms with Crippen LogP contribution in [0.25, 0.3) is 10.4 Å². The zero-order valence-electron chi connectivity index (χ0n) is 12.4. The molecule has 21 heavy (non-hydrogen) atoms. The maximum Gasteiger partial charge on any atom is 0.407 e. The number of benzene rings is 1. The summed E-state index contributed by atoms with van der Waals surface area (Å²) < 4.78 is 5.10. The molecule has 0 spiro atoms. The van der Waals surface area contributed by atoms with Crippen molar-refractivity contribution in [3.63, 3.8) is 0 Å². The first-order valence-corrected chi connectivity index (χ1v) is 6.51. The van der Waals surface area contributed by atoms with Gasteiger partial charge < -0.3 is 10.1 Å². The van der Waals surface area contributed by atoms with Gasteiger partial charge in [-0.3, -0.25) is 0 Å². The molecule has 0 saturated heterocycles. The summed E-state index contributed by atoms with van der Waals surface area (Å²) in [6, 6.07) is 7.00. The number of nitrogens with zero attached hydrogens (tertiary/aromatic N) is 3. The van der Waals surface area contributed by atoms with Crippen molar-refractivity contribution >= 4 is 11.8 Å². The third-order valence-corrected chi connectivity index (χ3v) is 2.16. The molecule has 110 valence electrons. The van der Waals surface area contributed by atoms with E-state index in [4.69, 9.17) is 10.3 Å². The summed E-state index contributed by atoms with van der Waals surface area (Å²) >= 11 is 0. The highest BCUT2D eigenvalue weighted by Crippen LogP contribution is 2.13. The Balaban J connectivity index is 2.41. The molecule has 0 saturated carbocycles. The van der Waals surface area contributed by atoms with Crippen molar-refractivity contribution in [1.29, 1.82) is 0 Å². The van der Waals surface area contributed by atoms with Crippen molar-refractivity contribution in [2.24, 2.45) is 5.11 Å². The highest BCUT2D eigenvalue weighted by atomic mass is 16.6. The molecule has 6 heteroatoms. The summed E-state index contributed by atoms with van der Waals surface area (Å²) in [6.45, 7) is 5.84. The summed E-state index contributed by atoms with van der Waals surface area (Å²) in [5.74, 6) is 5.87. The fourth-order valence-corrected chi connectivity index (χ4v) is 1.40. The van der Waals surface area contributed by atoms with E-state index >= 15 is 0 Å². The summed E-state index contributed by atoms with van der Waals surface area (Å²) in [5.41, 5.74) is 9.14. The summed E-state index contributed by atoms with van der Waals surface area (Å²) in [7, 11) is 0. The van der Waals surface area contributed by atoms with Gasteiger partial charge in [0.15, 0.2) is 0 Å². The number of azide groups is 1. The zero-order chi connectivity index (χ0) is 15.7. The Morgan fingerprint density at radius 2 is 2.24 bits per heavy atom. The zero-order valence-corrected chi connectivity index (χ0v) is 12.4. The van der Waals surface area contributed by atoms with Crippen molar-refractivity contribution in [3.05, 3.63) is 40.3 Å². The summed E-state index contributed by atoms with van der Waals surface area (Å²) in [4.78, 5) is 14.1. The van der Waals surface area contributed by atoms with Gasteiger partial charge in [-0.15, -0.1) is 0 Å². The lowest BCUT2D eigenvalue weighted by atomic mass is 10.2. The number of amides is 1.